The summed E-state index contributed by atoms with van der Waals surface area (Å²) < 4.78 is 1.15. The number of hydrogen-bond acceptors (Lipinski definition) is 3. The number of aromatic nitrogens is 1. The molecule has 0 spiro atoms. The van der Waals surface area contributed by atoms with Gasteiger partial charge in [0.2, 0.25) is 0 Å². The smallest absolute Gasteiger partial charge is 0.327 e. The van der Waals surface area contributed by atoms with E-state index in [4.69, 9.17) is 23.2 Å². The number of carbonyl (C=O) groups is 2. The van der Waals surface area contributed by atoms with E-state index < -0.39 is 23.5 Å². The van der Waals surface area contributed by atoms with Gasteiger partial charge in [0.05, 0.1) is 0 Å². The first-order valence-electron chi connectivity index (χ1n) is 12.7. The van der Waals surface area contributed by atoms with Gasteiger partial charge in [0.15, 0.2) is 0 Å². The molecule has 0 saturated carbocycles. The summed E-state index contributed by atoms with van der Waals surface area (Å²) in [6, 6.07) is 30.8. The molecule has 0 bridgehead atoms. The molecule has 5 aromatic rings. The number of carboxylic acids is 1. The number of hydrogen-bond donors (Lipinski definition) is 2. The molecule has 8 heteroatoms. The fourth-order valence-corrected chi connectivity index (χ4v) is 4.76. The lowest BCUT2D eigenvalue weighted by Crippen LogP contribution is -2.33. The highest BCUT2D eigenvalue weighted by atomic mass is 35.5. The molecule has 6 nitrogen and oxygen atoms in total. The summed E-state index contributed by atoms with van der Waals surface area (Å²) in [6.45, 7) is 0. The minimum atomic E-state index is -1.24. The van der Waals surface area contributed by atoms with Crippen LogP contribution in [0.15, 0.2) is 120 Å². The summed E-state index contributed by atoms with van der Waals surface area (Å²) in [6.07, 6.45) is 1.52. The zero-order valence-corrected chi connectivity index (χ0v) is 23.1. The number of anilines is 1. The van der Waals surface area contributed by atoms with Crippen LogP contribution in [0.3, 0.4) is 0 Å². The molecule has 1 heterocycles. The summed E-state index contributed by atoms with van der Waals surface area (Å²) in [5, 5.41) is 13.9. The Morgan fingerprint density at radius 3 is 1.88 bits per heavy atom. The Kier molecular flexibility index (Phi) is 8.34. The molecule has 204 valence electrons. The number of amides is 1. The van der Waals surface area contributed by atoms with Gasteiger partial charge in [-0.2, -0.15) is 0 Å². The van der Waals surface area contributed by atoms with E-state index in [1.54, 1.807) is 66.7 Å². The Morgan fingerprint density at radius 1 is 0.732 bits per heavy atom. The van der Waals surface area contributed by atoms with E-state index in [1.165, 1.54) is 6.20 Å². The molecule has 2 N–H and O–H groups in total. The lowest BCUT2D eigenvalue weighted by atomic mass is 10.0. The zero-order valence-electron chi connectivity index (χ0n) is 21.6. The Labute approximate surface area is 246 Å². The molecule has 0 fully saturated rings. The molecule has 5 rings (SSSR count). The van der Waals surface area contributed by atoms with Crippen LogP contribution in [-0.2, 0) is 11.2 Å². The van der Waals surface area contributed by atoms with Gasteiger partial charge in [0.25, 0.3) is 11.5 Å². The van der Waals surface area contributed by atoms with Crippen molar-refractivity contribution in [2.75, 3.05) is 5.32 Å². The van der Waals surface area contributed by atoms with Crippen molar-refractivity contribution in [3.63, 3.8) is 0 Å². The van der Waals surface area contributed by atoms with Crippen molar-refractivity contribution in [2.24, 2.45) is 0 Å². The normalized spacial score (nSPS) is 11.6. The Balaban J connectivity index is 1.52. The van der Waals surface area contributed by atoms with Crippen LogP contribution in [0.25, 0.3) is 22.3 Å². The van der Waals surface area contributed by atoms with Crippen LogP contribution in [0.4, 0.5) is 5.69 Å². The lowest BCUT2D eigenvalue weighted by molar-refractivity contribution is -0.141. The Bertz CT molecular complexity index is 1750. The molecule has 0 aliphatic rings. The summed E-state index contributed by atoms with van der Waals surface area (Å²) in [7, 11) is 0. The highest BCUT2D eigenvalue weighted by Gasteiger charge is 2.24. The molecule has 0 radical (unpaired) electrons. The molecule has 0 aliphatic heterocycles. The van der Waals surface area contributed by atoms with Crippen molar-refractivity contribution in [2.45, 2.75) is 12.5 Å². The van der Waals surface area contributed by atoms with Crippen molar-refractivity contribution >= 4 is 40.8 Å². The van der Waals surface area contributed by atoms with Crippen LogP contribution in [-0.4, -0.2) is 21.6 Å². The average Bonchev–Trinajstić information content (AvgIpc) is 2.99. The molecule has 1 unspecified atom stereocenters. The average molecular weight is 583 g/mol. The maximum absolute atomic E-state index is 13.6. The van der Waals surface area contributed by atoms with E-state index in [0.717, 1.165) is 15.7 Å². The second-order valence-electron chi connectivity index (χ2n) is 9.44. The monoisotopic (exact) mass is 582 g/mol. The number of rotatable bonds is 8. The molecule has 1 amide bonds. The van der Waals surface area contributed by atoms with Gasteiger partial charge in [-0.15, -0.1) is 0 Å². The first kappa shape index (κ1) is 27.9. The topological polar surface area (TPSA) is 88.4 Å². The molecule has 41 heavy (non-hydrogen) atoms. The van der Waals surface area contributed by atoms with E-state index >= 15 is 0 Å². The second-order valence-corrected chi connectivity index (χ2v) is 10.3. The highest BCUT2D eigenvalue weighted by molar-refractivity contribution is 6.30. The first-order valence-corrected chi connectivity index (χ1v) is 13.5. The first-order chi connectivity index (χ1) is 19.8. The van der Waals surface area contributed by atoms with Crippen LogP contribution >= 0.6 is 23.2 Å². The van der Waals surface area contributed by atoms with Crippen molar-refractivity contribution in [1.29, 1.82) is 0 Å². The predicted octanol–water partition coefficient (Wildman–Crippen LogP) is 7.61. The maximum Gasteiger partial charge on any atom is 0.327 e. The van der Waals surface area contributed by atoms with Crippen molar-refractivity contribution in [3.05, 3.63) is 147 Å². The van der Waals surface area contributed by atoms with E-state index in [0.29, 0.717) is 32.3 Å². The molecular formula is C33H24Cl2N2O4. The van der Waals surface area contributed by atoms with Crippen molar-refractivity contribution < 1.29 is 14.7 Å². The molecule has 4 aromatic carbocycles. The zero-order chi connectivity index (χ0) is 28.9. The third-order valence-corrected chi connectivity index (χ3v) is 7.19. The van der Waals surface area contributed by atoms with Crippen molar-refractivity contribution in [1.82, 2.24) is 4.57 Å². The van der Waals surface area contributed by atoms with Crippen LogP contribution in [0.1, 0.15) is 22.0 Å². The van der Waals surface area contributed by atoms with Gasteiger partial charge in [-0.05, 0) is 64.7 Å². The third kappa shape index (κ3) is 6.57. The number of nitrogens with zero attached hydrogens (tertiary/aromatic N) is 1. The van der Waals surface area contributed by atoms with E-state index in [2.05, 4.69) is 5.32 Å². The number of nitrogens with one attached hydrogen (secondary N) is 1. The number of benzene rings is 4. The lowest BCUT2D eigenvalue weighted by Gasteiger charge is -2.19. The third-order valence-electron chi connectivity index (χ3n) is 6.69. The Morgan fingerprint density at radius 2 is 1.27 bits per heavy atom. The molecule has 1 atom stereocenters. The van der Waals surface area contributed by atoms with Crippen LogP contribution < -0.4 is 10.9 Å². The number of carboxylic acid groups (broad SMARTS) is 1. The van der Waals surface area contributed by atoms with Gasteiger partial charge in [-0.3, -0.25) is 14.2 Å². The van der Waals surface area contributed by atoms with Crippen LogP contribution in [0.2, 0.25) is 10.0 Å². The van der Waals surface area contributed by atoms with Crippen molar-refractivity contribution in [3.8, 4) is 22.3 Å². The standard InChI is InChI=1S/C33H24Cl2N2O4/c34-27-14-6-21(7-15-27)18-30(33(40)41)37-20-26(24-12-16-28(35)17-13-24)19-29(32(37)39)36-31(38)25-10-8-23(9-11-25)22-4-2-1-3-5-22/h1-17,19-20,30H,18H2,(H,36,38)(H,40,41). The van der Waals surface area contributed by atoms with Gasteiger partial charge in [-0.25, -0.2) is 4.79 Å². The quantitative estimate of drug-likeness (QED) is 0.197. The van der Waals surface area contributed by atoms with Gasteiger partial charge in [0.1, 0.15) is 11.7 Å². The van der Waals surface area contributed by atoms with E-state index in [1.807, 2.05) is 42.5 Å². The molecular weight excluding hydrogens is 559 g/mol. The minimum absolute atomic E-state index is 0.0326. The molecule has 0 saturated heterocycles. The SMILES string of the molecule is O=C(Nc1cc(-c2ccc(Cl)cc2)cn(C(Cc2ccc(Cl)cc2)C(=O)O)c1=O)c1ccc(-c2ccccc2)cc1. The second kappa shape index (κ2) is 12.3. The number of pyridine rings is 1. The molecule has 1 aromatic heterocycles. The predicted molar refractivity (Wildman–Crippen MR) is 163 cm³/mol. The van der Waals surface area contributed by atoms with Gasteiger partial charge in [0, 0.05) is 33.8 Å². The summed E-state index contributed by atoms with van der Waals surface area (Å²) in [5.41, 5.74) is 3.55. The Hall–Kier alpha value is -4.65. The molecule has 0 aliphatic carbocycles. The summed E-state index contributed by atoms with van der Waals surface area (Å²) >= 11 is 12.1. The highest BCUT2D eigenvalue weighted by Crippen LogP contribution is 2.26. The minimum Gasteiger partial charge on any atom is -0.480 e. The van der Waals surface area contributed by atoms with E-state index in [9.17, 15) is 19.5 Å². The maximum atomic E-state index is 13.6. The van der Waals surface area contributed by atoms with Crippen LogP contribution in [0.5, 0.6) is 0 Å². The van der Waals surface area contributed by atoms with Crippen LogP contribution in [0, 0.1) is 0 Å². The van der Waals surface area contributed by atoms with Gasteiger partial charge >= 0.3 is 5.97 Å². The van der Waals surface area contributed by atoms with E-state index in [-0.39, 0.29) is 12.1 Å². The fourth-order valence-electron chi connectivity index (χ4n) is 4.51. The summed E-state index contributed by atoms with van der Waals surface area (Å²) in [4.78, 5) is 39.3. The summed E-state index contributed by atoms with van der Waals surface area (Å²) in [5.74, 6) is -1.69. The van der Waals surface area contributed by atoms with Gasteiger partial charge < -0.3 is 10.4 Å². The number of halogens is 2. The number of carbonyl (C=O) groups excluding carboxylic acids is 1. The largest absolute Gasteiger partial charge is 0.480 e. The fraction of sp³-hybridized carbons (Fsp3) is 0.0606. The number of aliphatic carboxylic acids is 1. The van der Waals surface area contributed by atoms with Gasteiger partial charge in [-0.1, -0.05) is 89.9 Å².